The Bertz CT molecular complexity index is 686. The molecule has 23 heavy (non-hydrogen) atoms. The third kappa shape index (κ3) is 4.34. The number of rotatable bonds is 4. The number of aromatic nitrogens is 3. The number of urea groups is 1. The fourth-order valence-electron chi connectivity index (χ4n) is 1.85. The predicted molar refractivity (Wildman–Crippen MR) is 74.9 cm³/mol. The van der Waals surface area contributed by atoms with Crippen LogP contribution in [0.4, 0.5) is 23.8 Å². The van der Waals surface area contributed by atoms with E-state index in [4.69, 9.17) is 4.74 Å². The van der Waals surface area contributed by atoms with Crippen molar-refractivity contribution in [1.82, 2.24) is 19.9 Å². The Morgan fingerprint density at radius 3 is 2.70 bits per heavy atom. The van der Waals surface area contributed by atoms with Gasteiger partial charge in [-0.05, 0) is 6.07 Å². The van der Waals surface area contributed by atoms with Gasteiger partial charge in [0.25, 0.3) is 0 Å². The van der Waals surface area contributed by atoms with Gasteiger partial charge < -0.3 is 14.6 Å². The third-order valence-corrected chi connectivity index (χ3v) is 2.88. The highest BCUT2D eigenvalue weighted by atomic mass is 19.4. The van der Waals surface area contributed by atoms with Crippen molar-refractivity contribution in [2.75, 3.05) is 12.4 Å². The van der Waals surface area contributed by atoms with Crippen molar-refractivity contribution in [2.24, 2.45) is 7.05 Å². The van der Waals surface area contributed by atoms with E-state index in [0.29, 0.717) is 0 Å². The Balaban J connectivity index is 2.11. The zero-order chi connectivity index (χ0) is 17.0. The summed E-state index contributed by atoms with van der Waals surface area (Å²) in [4.78, 5) is 19.3. The smallest absolute Gasteiger partial charge is 0.412 e. The van der Waals surface area contributed by atoms with Gasteiger partial charge in [-0.1, -0.05) is 0 Å². The molecule has 2 amide bonds. The highest BCUT2D eigenvalue weighted by Crippen LogP contribution is 2.32. The molecule has 0 spiro atoms. The minimum Gasteiger partial charge on any atom is -0.481 e. The Hall–Kier alpha value is -2.78. The average Bonchev–Trinajstić information content (AvgIpc) is 2.90. The van der Waals surface area contributed by atoms with Crippen molar-refractivity contribution < 1.29 is 22.7 Å². The minimum atomic E-state index is -4.64. The van der Waals surface area contributed by atoms with Crippen molar-refractivity contribution in [3.63, 3.8) is 0 Å². The molecule has 2 heterocycles. The summed E-state index contributed by atoms with van der Waals surface area (Å²) in [6.07, 6.45) is -0.774. The molecule has 1 unspecified atom stereocenters. The van der Waals surface area contributed by atoms with Crippen LogP contribution in [0.1, 0.15) is 11.6 Å². The molecule has 0 saturated carbocycles. The SMILES string of the molecule is COc1cc(NC(=O)NC(c2ccn(C)c2)C(F)(F)F)ncn1. The Morgan fingerprint density at radius 2 is 2.13 bits per heavy atom. The maximum Gasteiger partial charge on any atom is 0.412 e. The molecule has 0 fully saturated rings. The number of halogens is 3. The van der Waals surface area contributed by atoms with Gasteiger partial charge in [-0.3, -0.25) is 5.32 Å². The van der Waals surface area contributed by atoms with Gasteiger partial charge >= 0.3 is 12.2 Å². The average molecular weight is 329 g/mol. The lowest BCUT2D eigenvalue weighted by Crippen LogP contribution is -2.40. The van der Waals surface area contributed by atoms with E-state index in [1.807, 2.05) is 5.32 Å². The number of hydrogen-bond donors (Lipinski definition) is 2. The largest absolute Gasteiger partial charge is 0.481 e. The van der Waals surface area contributed by atoms with Gasteiger partial charge in [0.2, 0.25) is 5.88 Å². The zero-order valence-electron chi connectivity index (χ0n) is 12.3. The number of anilines is 1. The first kappa shape index (κ1) is 16.6. The second kappa shape index (κ2) is 6.55. The topological polar surface area (TPSA) is 81.1 Å². The number of amides is 2. The van der Waals surface area contributed by atoms with Gasteiger partial charge in [0.05, 0.1) is 7.11 Å². The molecule has 0 aliphatic carbocycles. The molecule has 2 N–H and O–H groups in total. The number of methoxy groups -OCH3 is 1. The normalized spacial score (nSPS) is 12.6. The number of hydrogen-bond acceptors (Lipinski definition) is 4. The number of ether oxygens (including phenoxy) is 1. The zero-order valence-corrected chi connectivity index (χ0v) is 12.3. The summed E-state index contributed by atoms with van der Waals surface area (Å²) in [5.74, 6) is 0.189. The molecule has 0 radical (unpaired) electrons. The van der Waals surface area contributed by atoms with E-state index < -0.39 is 18.2 Å². The molecule has 7 nitrogen and oxygen atoms in total. The second-order valence-corrected chi connectivity index (χ2v) is 4.63. The minimum absolute atomic E-state index is 0.0170. The standard InChI is InChI=1S/C13H14F3N5O2/c1-21-4-3-8(6-21)11(13(14,15)16)20-12(22)19-9-5-10(23-2)18-7-17-9/h3-7,11H,1-2H3,(H2,17,18,19,20,22). The van der Waals surface area contributed by atoms with Gasteiger partial charge in [0, 0.05) is 31.1 Å². The molecule has 10 heteroatoms. The van der Waals surface area contributed by atoms with Crippen LogP contribution >= 0.6 is 0 Å². The van der Waals surface area contributed by atoms with Crippen LogP contribution in [-0.2, 0) is 7.05 Å². The summed E-state index contributed by atoms with van der Waals surface area (Å²) in [6.45, 7) is 0. The van der Waals surface area contributed by atoms with Crippen molar-refractivity contribution >= 4 is 11.8 Å². The quantitative estimate of drug-likeness (QED) is 0.901. The van der Waals surface area contributed by atoms with Crippen LogP contribution in [0, 0.1) is 0 Å². The number of alkyl halides is 3. The lowest BCUT2D eigenvalue weighted by atomic mass is 10.1. The van der Waals surface area contributed by atoms with Crippen molar-refractivity contribution in [3.05, 3.63) is 36.4 Å². The first-order valence-corrected chi connectivity index (χ1v) is 6.41. The predicted octanol–water partition coefficient (Wildman–Crippen LogP) is 2.25. The Kier molecular flexibility index (Phi) is 4.72. The molecule has 0 bridgehead atoms. The molecular formula is C13H14F3N5O2. The van der Waals surface area contributed by atoms with Crippen LogP contribution in [0.5, 0.6) is 5.88 Å². The van der Waals surface area contributed by atoms with Crippen LogP contribution in [0.25, 0.3) is 0 Å². The van der Waals surface area contributed by atoms with E-state index in [0.717, 1.165) is 6.33 Å². The number of carbonyl (C=O) groups is 1. The number of nitrogens with one attached hydrogen (secondary N) is 2. The molecule has 2 rings (SSSR count). The van der Waals surface area contributed by atoms with Crippen LogP contribution in [0.2, 0.25) is 0 Å². The maximum atomic E-state index is 13.1. The highest BCUT2D eigenvalue weighted by Gasteiger charge is 2.42. The van der Waals surface area contributed by atoms with Crippen molar-refractivity contribution in [3.8, 4) is 5.88 Å². The fourth-order valence-corrected chi connectivity index (χ4v) is 1.85. The van der Waals surface area contributed by atoms with Crippen LogP contribution < -0.4 is 15.4 Å². The monoisotopic (exact) mass is 329 g/mol. The lowest BCUT2D eigenvalue weighted by Gasteiger charge is -2.21. The number of nitrogens with zero attached hydrogens (tertiary/aromatic N) is 3. The van der Waals surface area contributed by atoms with E-state index in [1.54, 1.807) is 7.05 Å². The molecule has 2 aromatic rings. The molecule has 0 aliphatic rings. The highest BCUT2D eigenvalue weighted by molar-refractivity contribution is 5.88. The summed E-state index contributed by atoms with van der Waals surface area (Å²) in [6, 6.07) is -0.610. The molecule has 0 aliphatic heterocycles. The molecule has 1 atom stereocenters. The molecule has 0 aromatic carbocycles. The first-order valence-electron chi connectivity index (χ1n) is 6.41. The molecule has 2 aromatic heterocycles. The summed E-state index contributed by atoms with van der Waals surface area (Å²) >= 11 is 0. The summed E-state index contributed by atoms with van der Waals surface area (Å²) in [7, 11) is 2.95. The van der Waals surface area contributed by atoms with Crippen molar-refractivity contribution in [1.29, 1.82) is 0 Å². The molecule has 0 saturated heterocycles. The fraction of sp³-hybridized carbons (Fsp3) is 0.308. The van der Waals surface area contributed by atoms with E-state index in [1.165, 1.54) is 36.2 Å². The van der Waals surface area contributed by atoms with Gasteiger partial charge in [0.1, 0.15) is 12.1 Å². The first-order chi connectivity index (χ1) is 10.8. The van der Waals surface area contributed by atoms with E-state index in [2.05, 4.69) is 15.3 Å². The van der Waals surface area contributed by atoms with Gasteiger partial charge in [0.15, 0.2) is 6.04 Å². The third-order valence-electron chi connectivity index (χ3n) is 2.88. The molecule has 124 valence electrons. The summed E-state index contributed by atoms with van der Waals surface area (Å²) in [5, 5.41) is 4.09. The maximum absolute atomic E-state index is 13.1. The lowest BCUT2D eigenvalue weighted by molar-refractivity contribution is -0.154. The molecular weight excluding hydrogens is 315 g/mol. The number of aryl methyl sites for hydroxylation is 1. The van der Waals surface area contributed by atoms with Crippen LogP contribution in [0.3, 0.4) is 0 Å². The van der Waals surface area contributed by atoms with Crippen LogP contribution in [0.15, 0.2) is 30.9 Å². The summed E-state index contributed by atoms with van der Waals surface area (Å²) < 4.78 is 45.7. The van der Waals surface area contributed by atoms with Crippen molar-refractivity contribution in [2.45, 2.75) is 12.2 Å². The summed E-state index contributed by atoms with van der Waals surface area (Å²) in [5.41, 5.74) is -0.0737. The van der Waals surface area contributed by atoms with Gasteiger partial charge in [-0.15, -0.1) is 0 Å². The van der Waals surface area contributed by atoms with E-state index in [9.17, 15) is 18.0 Å². The Labute approximate surface area is 129 Å². The van der Waals surface area contributed by atoms with Gasteiger partial charge in [-0.25, -0.2) is 14.8 Å². The van der Waals surface area contributed by atoms with E-state index in [-0.39, 0.29) is 17.3 Å². The van der Waals surface area contributed by atoms with Gasteiger partial charge in [-0.2, -0.15) is 13.2 Å². The second-order valence-electron chi connectivity index (χ2n) is 4.63. The van der Waals surface area contributed by atoms with E-state index >= 15 is 0 Å². The van der Waals surface area contributed by atoms with Crippen LogP contribution in [-0.4, -0.2) is 33.9 Å². The Morgan fingerprint density at radius 1 is 1.39 bits per heavy atom. The number of carbonyl (C=O) groups excluding carboxylic acids is 1.